The van der Waals surface area contributed by atoms with Crippen LogP contribution < -0.4 is 15.8 Å². The minimum atomic E-state index is -4.69. The Balaban J connectivity index is 2.00. The van der Waals surface area contributed by atoms with Crippen molar-refractivity contribution >= 4 is 5.82 Å². The molecule has 0 saturated heterocycles. The zero-order valence-electron chi connectivity index (χ0n) is 11.9. The average Bonchev–Trinajstić information content (AvgIpc) is 2.43. The summed E-state index contributed by atoms with van der Waals surface area (Å²) in [5.74, 6) is 0.194. The van der Waals surface area contributed by atoms with Crippen molar-refractivity contribution < 1.29 is 17.9 Å². The number of halogens is 3. The quantitative estimate of drug-likeness (QED) is 0.888. The van der Waals surface area contributed by atoms with E-state index in [0.717, 1.165) is 5.56 Å². The van der Waals surface area contributed by atoms with Crippen LogP contribution >= 0.6 is 0 Å². The van der Waals surface area contributed by atoms with E-state index in [0.29, 0.717) is 17.9 Å². The van der Waals surface area contributed by atoms with E-state index in [2.05, 4.69) is 15.0 Å². The lowest BCUT2D eigenvalue weighted by Crippen LogP contribution is -2.19. The molecule has 0 radical (unpaired) electrons. The van der Waals surface area contributed by atoms with Crippen LogP contribution in [-0.4, -0.2) is 11.3 Å². The Bertz CT molecular complexity index is 631. The van der Waals surface area contributed by atoms with Gasteiger partial charge in [0.15, 0.2) is 0 Å². The van der Waals surface area contributed by atoms with Gasteiger partial charge in [-0.3, -0.25) is 0 Å². The molecular weight excluding hydrogens is 295 g/mol. The zero-order chi connectivity index (χ0) is 16.2. The molecule has 0 aliphatic heterocycles. The minimum Gasteiger partial charge on any atom is -0.406 e. The lowest BCUT2D eigenvalue weighted by Gasteiger charge is -2.16. The van der Waals surface area contributed by atoms with Crippen molar-refractivity contribution in [2.24, 2.45) is 0 Å². The fourth-order valence-corrected chi connectivity index (χ4v) is 1.97. The predicted molar refractivity (Wildman–Crippen MR) is 77.0 cm³/mol. The number of nitrogens with zero attached hydrogens (tertiary/aromatic N) is 1. The third-order valence-corrected chi connectivity index (χ3v) is 3.05. The summed E-state index contributed by atoms with van der Waals surface area (Å²) in [4.78, 5) is 3.90. The van der Waals surface area contributed by atoms with E-state index in [1.807, 2.05) is 13.0 Å². The number of benzene rings is 1. The highest BCUT2D eigenvalue weighted by Crippen LogP contribution is 2.25. The molecule has 0 unspecified atom stereocenters. The molecule has 4 nitrogen and oxygen atoms in total. The third kappa shape index (κ3) is 4.92. The summed E-state index contributed by atoms with van der Waals surface area (Å²) in [6, 6.07) is 9.31. The van der Waals surface area contributed by atoms with Crippen molar-refractivity contribution in [3.63, 3.8) is 0 Å². The van der Waals surface area contributed by atoms with Crippen LogP contribution in [-0.2, 0) is 6.54 Å². The first-order valence-electron chi connectivity index (χ1n) is 6.63. The first-order chi connectivity index (χ1) is 10.3. The Morgan fingerprint density at radius 2 is 2.05 bits per heavy atom. The Morgan fingerprint density at radius 3 is 2.73 bits per heavy atom. The van der Waals surface area contributed by atoms with E-state index in [-0.39, 0.29) is 11.8 Å². The molecule has 2 aromatic rings. The number of rotatable bonds is 5. The molecule has 0 aliphatic rings. The Hall–Kier alpha value is -2.28. The Morgan fingerprint density at radius 1 is 1.27 bits per heavy atom. The second-order valence-corrected chi connectivity index (χ2v) is 4.81. The molecule has 0 bridgehead atoms. The van der Waals surface area contributed by atoms with E-state index >= 15 is 0 Å². The summed E-state index contributed by atoms with van der Waals surface area (Å²) in [6.07, 6.45) is -3.08. The fraction of sp³-hybridized carbons (Fsp3) is 0.267. The fourth-order valence-electron chi connectivity index (χ4n) is 1.97. The van der Waals surface area contributed by atoms with E-state index in [9.17, 15) is 13.2 Å². The van der Waals surface area contributed by atoms with Gasteiger partial charge in [0.2, 0.25) is 0 Å². The molecule has 118 valence electrons. The highest BCUT2D eigenvalue weighted by molar-refractivity contribution is 5.32. The summed E-state index contributed by atoms with van der Waals surface area (Å²) < 4.78 is 40.6. The van der Waals surface area contributed by atoms with Gasteiger partial charge in [0.05, 0.1) is 0 Å². The lowest BCUT2D eigenvalue weighted by molar-refractivity contribution is -0.274. The van der Waals surface area contributed by atoms with Gasteiger partial charge in [-0.25, -0.2) is 4.98 Å². The number of nitrogens with one attached hydrogen (secondary N) is 1. The molecule has 1 heterocycles. The van der Waals surface area contributed by atoms with Gasteiger partial charge in [0.25, 0.3) is 0 Å². The molecule has 7 heteroatoms. The third-order valence-electron chi connectivity index (χ3n) is 3.05. The summed E-state index contributed by atoms with van der Waals surface area (Å²) >= 11 is 0. The number of hydrogen-bond donors (Lipinski definition) is 2. The summed E-state index contributed by atoms with van der Waals surface area (Å²) in [5.41, 5.74) is 7.24. The second-order valence-electron chi connectivity index (χ2n) is 4.81. The van der Waals surface area contributed by atoms with Crippen LogP contribution in [0, 0.1) is 0 Å². The predicted octanol–water partition coefficient (Wildman–Crippen LogP) is 3.41. The molecule has 0 spiro atoms. The topological polar surface area (TPSA) is 60.2 Å². The number of alkyl halides is 3. The second kappa shape index (κ2) is 6.65. The van der Waals surface area contributed by atoms with Crippen LogP contribution in [0.3, 0.4) is 0 Å². The molecule has 0 amide bonds. The maximum Gasteiger partial charge on any atom is 0.573 e. The van der Waals surface area contributed by atoms with Gasteiger partial charge in [-0.1, -0.05) is 12.1 Å². The number of ether oxygens (including phenoxy) is 1. The summed E-state index contributed by atoms with van der Waals surface area (Å²) in [7, 11) is 0. The summed E-state index contributed by atoms with van der Waals surface area (Å²) in [6.45, 7) is 2.38. The van der Waals surface area contributed by atoms with Crippen molar-refractivity contribution in [3.05, 3.63) is 53.7 Å². The molecule has 0 fully saturated rings. The molecule has 2 rings (SSSR count). The molecule has 22 heavy (non-hydrogen) atoms. The highest BCUT2D eigenvalue weighted by Gasteiger charge is 2.31. The van der Waals surface area contributed by atoms with Gasteiger partial charge < -0.3 is 15.8 Å². The maximum absolute atomic E-state index is 12.2. The van der Waals surface area contributed by atoms with Crippen molar-refractivity contribution in [2.45, 2.75) is 25.9 Å². The van der Waals surface area contributed by atoms with Gasteiger partial charge in [-0.15, -0.1) is 13.2 Å². The van der Waals surface area contributed by atoms with Crippen LogP contribution in [0.15, 0.2) is 42.6 Å². The monoisotopic (exact) mass is 311 g/mol. The Labute approximate surface area is 126 Å². The van der Waals surface area contributed by atoms with Gasteiger partial charge in [-0.05, 0) is 42.3 Å². The van der Waals surface area contributed by atoms with Gasteiger partial charge in [0, 0.05) is 18.8 Å². The van der Waals surface area contributed by atoms with Crippen molar-refractivity contribution in [3.8, 4) is 5.75 Å². The van der Waals surface area contributed by atoms with Crippen molar-refractivity contribution in [2.75, 3.05) is 5.73 Å². The van der Waals surface area contributed by atoms with Crippen LogP contribution in [0.1, 0.15) is 24.1 Å². The molecule has 3 N–H and O–H groups in total. The van der Waals surface area contributed by atoms with Crippen LogP contribution in [0.2, 0.25) is 0 Å². The molecule has 0 aliphatic carbocycles. The average molecular weight is 311 g/mol. The maximum atomic E-state index is 12.2. The SMILES string of the molecule is C[C@H](NCc1ccnc(N)c1)c1cccc(OC(F)(F)F)c1. The number of aromatic nitrogens is 1. The number of anilines is 1. The number of nitrogen functional groups attached to an aromatic ring is 1. The van der Waals surface area contributed by atoms with E-state index < -0.39 is 6.36 Å². The van der Waals surface area contributed by atoms with Crippen LogP contribution in [0.4, 0.5) is 19.0 Å². The molecule has 1 atom stereocenters. The van der Waals surface area contributed by atoms with Crippen molar-refractivity contribution in [1.82, 2.24) is 10.3 Å². The molecule has 0 saturated carbocycles. The van der Waals surface area contributed by atoms with Gasteiger partial charge >= 0.3 is 6.36 Å². The van der Waals surface area contributed by atoms with E-state index in [4.69, 9.17) is 5.73 Å². The van der Waals surface area contributed by atoms with Crippen LogP contribution in [0.25, 0.3) is 0 Å². The number of hydrogen-bond acceptors (Lipinski definition) is 4. The lowest BCUT2D eigenvalue weighted by atomic mass is 10.1. The number of pyridine rings is 1. The van der Waals surface area contributed by atoms with Gasteiger partial charge in [0.1, 0.15) is 11.6 Å². The van der Waals surface area contributed by atoms with Gasteiger partial charge in [-0.2, -0.15) is 0 Å². The highest BCUT2D eigenvalue weighted by atomic mass is 19.4. The standard InChI is InChI=1S/C15H16F3N3O/c1-10(21-9-11-5-6-20-14(19)7-11)12-3-2-4-13(8-12)22-15(16,17)18/h2-8,10,21H,9H2,1H3,(H2,19,20)/t10-/m0/s1. The first-order valence-corrected chi connectivity index (χ1v) is 6.63. The van der Waals surface area contributed by atoms with Crippen molar-refractivity contribution in [1.29, 1.82) is 0 Å². The Kier molecular flexibility index (Phi) is 4.87. The summed E-state index contributed by atoms with van der Waals surface area (Å²) in [5, 5.41) is 3.21. The smallest absolute Gasteiger partial charge is 0.406 e. The van der Waals surface area contributed by atoms with Crippen LogP contribution in [0.5, 0.6) is 5.75 Å². The zero-order valence-corrected chi connectivity index (χ0v) is 11.9. The first kappa shape index (κ1) is 16.1. The molecular formula is C15H16F3N3O. The molecule has 1 aromatic carbocycles. The molecule has 1 aromatic heterocycles. The minimum absolute atomic E-state index is 0.147. The number of nitrogens with two attached hydrogens (primary N) is 1. The van der Waals surface area contributed by atoms with E-state index in [1.165, 1.54) is 18.2 Å². The normalized spacial score (nSPS) is 12.9. The van der Waals surface area contributed by atoms with E-state index in [1.54, 1.807) is 18.3 Å². The largest absolute Gasteiger partial charge is 0.573 e.